The lowest BCUT2D eigenvalue weighted by Crippen LogP contribution is -1.85. The molecular formula is C40H28N10. The number of benzene rings is 4. The number of aromatic amines is 4. The molecule has 0 fully saturated rings. The lowest BCUT2D eigenvalue weighted by atomic mass is 10.0. The van der Waals surface area contributed by atoms with Crippen LogP contribution in [0.25, 0.3) is 101 Å². The van der Waals surface area contributed by atoms with Gasteiger partial charge >= 0.3 is 0 Å². The summed E-state index contributed by atoms with van der Waals surface area (Å²) in [4.78, 5) is 41.7. The number of aromatic nitrogens is 10. The number of hydrogen-bond acceptors (Lipinski definition) is 6. The molecule has 238 valence electrons. The van der Waals surface area contributed by atoms with Crippen molar-refractivity contribution in [3.05, 3.63) is 121 Å². The van der Waals surface area contributed by atoms with Crippen LogP contribution < -0.4 is 0 Å². The number of aryl methyl sites for hydroxylation is 2. The van der Waals surface area contributed by atoms with E-state index < -0.39 is 0 Å². The van der Waals surface area contributed by atoms with Crippen molar-refractivity contribution in [2.45, 2.75) is 13.8 Å². The number of rotatable bonds is 5. The fraction of sp³-hybridized carbons (Fsp3) is 0.0500. The maximum atomic E-state index is 4.92. The van der Waals surface area contributed by atoms with Gasteiger partial charge in [0.1, 0.15) is 23.2 Å². The third-order valence-corrected chi connectivity index (χ3v) is 9.16. The molecule has 6 heterocycles. The third-order valence-electron chi connectivity index (χ3n) is 9.16. The van der Waals surface area contributed by atoms with Crippen molar-refractivity contribution < 1.29 is 0 Å². The van der Waals surface area contributed by atoms with Gasteiger partial charge in [-0.25, -0.2) is 24.9 Å². The van der Waals surface area contributed by atoms with Crippen molar-refractivity contribution in [1.29, 1.82) is 0 Å². The first-order chi connectivity index (χ1) is 24.5. The van der Waals surface area contributed by atoms with Gasteiger partial charge < -0.3 is 19.9 Å². The highest BCUT2D eigenvalue weighted by molar-refractivity contribution is 5.89. The van der Waals surface area contributed by atoms with E-state index in [0.717, 1.165) is 112 Å². The first-order valence-corrected chi connectivity index (χ1v) is 16.4. The predicted molar refractivity (Wildman–Crippen MR) is 197 cm³/mol. The standard InChI is InChI=1S/C40H28N10/c1-21-3-11-32(41-19-21)40-47-31-13-9-26(16-35(31)50-40)25-8-12-29-33(15-25)48-37(45-29)23-4-6-24(7-5-23)38-46-30-14-10-27(17-34(30)49-38)28-18-36-39(42-20-28)44-22(2)43-36/h3-20H,1-2H3,(H,45,48)(H,46,49)(H,47,50)(H,42,43,44). The zero-order chi connectivity index (χ0) is 33.3. The molecule has 4 aromatic carbocycles. The van der Waals surface area contributed by atoms with Gasteiger partial charge in [-0.2, -0.15) is 0 Å². The molecule has 6 aromatic heterocycles. The number of fused-ring (bicyclic) bond motifs is 4. The number of hydrogen-bond donors (Lipinski definition) is 4. The van der Waals surface area contributed by atoms with Gasteiger partial charge in [-0.1, -0.05) is 48.5 Å². The summed E-state index contributed by atoms with van der Waals surface area (Å²) in [5.41, 5.74) is 15.4. The van der Waals surface area contributed by atoms with Crippen molar-refractivity contribution >= 4 is 44.3 Å². The Labute approximate surface area is 284 Å². The van der Waals surface area contributed by atoms with Crippen LogP contribution in [0.5, 0.6) is 0 Å². The molecule has 0 unspecified atom stereocenters. The molecule has 0 aliphatic rings. The molecule has 0 aliphatic carbocycles. The zero-order valence-electron chi connectivity index (χ0n) is 27.1. The molecule has 0 amide bonds. The summed E-state index contributed by atoms with van der Waals surface area (Å²) in [5.74, 6) is 3.24. The first-order valence-electron chi connectivity index (χ1n) is 16.4. The molecule has 10 aromatic rings. The molecule has 50 heavy (non-hydrogen) atoms. The Morgan fingerprint density at radius 2 is 0.980 bits per heavy atom. The summed E-state index contributed by atoms with van der Waals surface area (Å²) in [5, 5.41) is 0. The Morgan fingerprint density at radius 3 is 1.70 bits per heavy atom. The second-order valence-corrected chi connectivity index (χ2v) is 12.7. The quantitative estimate of drug-likeness (QED) is 0.147. The summed E-state index contributed by atoms with van der Waals surface area (Å²) >= 11 is 0. The second-order valence-electron chi connectivity index (χ2n) is 12.7. The summed E-state index contributed by atoms with van der Waals surface area (Å²) in [7, 11) is 0. The largest absolute Gasteiger partial charge is 0.341 e. The van der Waals surface area contributed by atoms with Crippen LogP contribution in [0.1, 0.15) is 11.4 Å². The van der Waals surface area contributed by atoms with Gasteiger partial charge in [0.2, 0.25) is 0 Å². The lowest BCUT2D eigenvalue weighted by Gasteiger charge is -2.01. The van der Waals surface area contributed by atoms with Crippen molar-refractivity contribution in [1.82, 2.24) is 49.8 Å². The highest BCUT2D eigenvalue weighted by atomic mass is 15.0. The van der Waals surface area contributed by atoms with E-state index in [4.69, 9.17) is 15.0 Å². The summed E-state index contributed by atoms with van der Waals surface area (Å²) < 4.78 is 0. The lowest BCUT2D eigenvalue weighted by molar-refractivity contribution is 1.16. The zero-order valence-corrected chi connectivity index (χ0v) is 27.1. The van der Waals surface area contributed by atoms with Crippen LogP contribution in [0.15, 0.2) is 109 Å². The minimum Gasteiger partial charge on any atom is -0.341 e. The van der Waals surface area contributed by atoms with Gasteiger partial charge in [-0.3, -0.25) is 4.98 Å². The molecular weight excluding hydrogens is 621 g/mol. The van der Waals surface area contributed by atoms with Gasteiger partial charge in [0, 0.05) is 29.1 Å². The predicted octanol–water partition coefficient (Wildman–Crippen LogP) is 8.93. The fourth-order valence-electron chi connectivity index (χ4n) is 6.53. The monoisotopic (exact) mass is 648 g/mol. The maximum Gasteiger partial charge on any atom is 0.177 e. The Balaban J connectivity index is 0.907. The number of pyridine rings is 2. The first kappa shape index (κ1) is 28.1. The van der Waals surface area contributed by atoms with Gasteiger partial charge in [0.15, 0.2) is 11.5 Å². The highest BCUT2D eigenvalue weighted by Crippen LogP contribution is 2.31. The van der Waals surface area contributed by atoms with Crippen molar-refractivity contribution in [3.63, 3.8) is 0 Å². The van der Waals surface area contributed by atoms with Gasteiger partial charge in [0.25, 0.3) is 0 Å². The van der Waals surface area contributed by atoms with Crippen LogP contribution in [0, 0.1) is 13.8 Å². The van der Waals surface area contributed by atoms with Gasteiger partial charge in [-0.05, 0) is 84.6 Å². The number of H-pyrrole nitrogens is 4. The van der Waals surface area contributed by atoms with E-state index in [1.165, 1.54) is 0 Å². The third kappa shape index (κ3) is 4.81. The number of nitrogens with zero attached hydrogens (tertiary/aromatic N) is 6. The van der Waals surface area contributed by atoms with E-state index in [1.807, 2.05) is 38.4 Å². The van der Waals surface area contributed by atoms with E-state index in [1.54, 1.807) is 0 Å². The molecule has 10 nitrogen and oxygen atoms in total. The Kier molecular flexibility index (Phi) is 6.07. The Hall–Kier alpha value is -6.94. The molecule has 0 bridgehead atoms. The Bertz CT molecular complexity index is 2890. The summed E-state index contributed by atoms with van der Waals surface area (Å²) in [6, 6.07) is 33.2. The highest BCUT2D eigenvalue weighted by Gasteiger charge is 2.13. The summed E-state index contributed by atoms with van der Waals surface area (Å²) in [6.45, 7) is 3.96. The van der Waals surface area contributed by atoms with Crippen molar-refractivity contribution in [3.8, 4) is 56.5 Å². The van der Waals surface area contributed by atoms with Crippen LogP contribution >= 0.6 is 0 Å². The van der Waals surface area contributed by atoms with E-state index in [9.17, 15) is 0 Å². The normalized spacial score (nSPS) is 11.8. The molecule has 4 N–H and O–H groups in total. The topological polar surface area (TPSA) is 140 Å². The molecule has 0 spiro atoms. The molecule has 10 heteroatoms. The minimum absolute atomic E-state index is 0.722. The van der Waals surface area contributed by atoms with Crippen LogP contribution in [0.3, 0.4) is 0 Å². The molecule has 0 saturated heterocycles. The molecule has 0 saturated carbocycles. The smallest absolute Gasteiger partial charge is 0.177 e. The average molecular weight is 649 g/mol. The van der Waals surface area contributed by atoms with E-state index in [-0.39, 0.29) is 0 Å². The van der Waals surface area contributed by atoms with Crippen LogP contribution in [0.4, 0.5) is 0 Å². The summed E-state index contributed by atoms with van der Waals surface area (Å²) in [6.07, 6.45) is 3.71. The van der Waals surface area contributed by atoms with Crippen molar-refractivity contribution in [2.24, 2.45) is 0 Å². The van der Waals surface area contributed by atoms with Crippen molar-refractivity contribution in [2.75, 3.05) is 0 Å². The van der Waals surface area contributed by atoms with Gasteiger partial charge in [-0.15, -0.1) is 0 Å². The minimum atomic E-state index is 0.722. The Morgan fingerprint density at radius 1 is 0.400 bits per heavy atom. The average Bonchev–Trinajstić information content (AvgIpc) is 3.94. The van der Waals surface area contributed by atoms with E-state index in [0.29, 0.717) is 0 Å². The fourth-order valence-corrected chi connectivity index (χ4v) is 6.53. The molecule has 0 atom stereocenters. The SMILES string of the molecule is Cc1ccc(-c2nc3cc(-c4ccc5nc(-c6ccc(-c7nc8cc(-c9cnc%10nc(C)[nH]c%10c9)ccc8[nH]7)cc6)[nH]c5c4)ccc3[nH]2)nc1. The van der Waals surface area contributed by atoms with E-state index >= 15 is 0 Å². The molecule has 10 rings (SSSR count). The molecule has 0 radical (unpaired) electrons. The van der Waals surface area contributed by atoms with Crippen LogP contribution in [-0.4, -0.2) is 49.8 Å². The molecule has 0 aliphatic heterocycles. The number of nitrogens with one attached hydrogen (secondary N) is 4. The maximum absolute atomic E-state index is 4.92. The van der Waals surface area contributed by atoms with Gasteiger partial charge in [0.05, 0.1) is 38.6 Å². The number of imidazole rings is 4. The second kappa shape index (κ2) is 10.8. The van der Waals surface area contributed by atoms with E-state index in [2.05, 4.69) is 120 Å². The van der Waals surface area contributed by atoms with Crippen LogP contribution in [0.2, 0.25) is 0 Å². The van der Waals surface area contributed by atoms with Crippen LogP contribution in [-0.2, 0) is 0 Å².